The number of hydrogen-bond acceptors (Lipinski definition) is 4. The Labute approximate surface area is 101 Å². The molecule has 2 unspecified atom stereocenters. The van der Waals surface area contributed by atoms with E-state index >= 15 is 0 Å². The van der Waals surface area contributed by atoms with Crippen LogP contribution in [-0.2, 0) is 6.18 Å². The normalized spacial score (nSPS) is 15.3. The highest BCUT2D eigenvalue weighted by molar-refractivity contribution is 5.40. The fourth-order valence-electron chi connectivity index (χ4n) is 1.45. The predicted octanol–water partition coefficient (Wildman–Crippen LogP) is 1.10. The zero-order valence-electron chi connectivity index (χ0n) is 9.48. The van der Waals surface area contributed by atoms with E-state index in [-0.39, 0.29) is 11.3 Å². The van der Waals surface area contributed by atoms with E-state index in [4.69, 9.17) is 5.11 Å². The molecule has 0 saturated carbocycles. The molecule has 1 aromatic carbocycles. The van der Waals surface area contributed by atoms with E-state index < -0.39 is 30.6 Å². The molecule has 102 valence electrons. The molecule has 0 aliphatic carbocycles. The van der Waals surface area contributed by atoms with Crippen LogP contribution in [0.1, 0.15) is 17.2 Å². The molecular weight excluding hydrogens is 253 g/mol. The molecule has 0 saturated heterocycles. The highest BCUT2D eigenvalue weighted by Crippen LogP contribution is 2.37. The quantitative estimate of drug-likeness (QED) is 0.763. The Kier molecular flexibility index (Phi) is 4.55. The molecule has 1 aromatic rings. The lowest BCUT2D eigenvalue weighted by Crippen LogP contribution is -2.22. The molecule has 0 heterocycles. The van der Waals surface area contributed by atoms with Crippen LogP contribution < -0.4 is 4.74 Å². The summed E-state index contributed by atoms with van der Waals surface area (Å²) in [5.74, 6) is -0.378. The predicted molar refractivity (Wildman–Crippen MR) is 56.0 cm³/mol. The summed E-state index contributed by atoms with van der Waals surface area (Å²) in [5, 5.41) is 27.4. The maximum atomic E-state index is 12.7. The van der Waals surface area contributed by atoms with Gasteiger partial charge in [-0.15, -0.1) is 0 Å². The van der Waals surface area contributed by atoms with E-state index in [9.17, 15) is 23.4 Å². The Morgan fingerprint density at radius 1 is 1.28 bits per heavy atom. The summed E-state index contributed by atoms with van der Waals surface area (Å²) in [6.45, 7) is -0.755. The van der Waals surface area contributed by atoms with Gasteiger partial charge in [0.15, 0.2) is 0 Å². The Morgan fingerprint density at radius 2 is 1.89 bits per heavy atom. The Hall–Kier alpha value is -1.31. The molecular formula is C11H13F3O4. The van der Waals surface area contributed by atoms with E-state index in [0.29, 0.717) is 6.07 Å². The second-order valence-electron chi connectivity index (χ2n) is 3.65. The highest BCUT2D eigenvalue weighted by Gasteiger charge is 2.35. The summed E-state index contributed by atoms with van der Waals surface area (Å²) in [4.78, 5) is 0. The third-order valence-electron chi connectivity index (χ3n) is 2.42. The Morgan fingerprint density at radius 3 is 2.33 bits per heavy atom. The first-order valence-electron chi connectivity index (χ1n) is 5.03. The molecule has 3 N–H and O–H groups in total. The van der Waals surface area contributed by atoms with Crippen molar-refractivity contribution in [3.05, 3.63) is 29.3 Å². The first-order chi connectivity index (χ1) is 8.31. The van der Waals surface area contributed by atoms with Gasteiger partial charge in [0.1, 0.15) is 18.0 Å². The Bertz CT molecular complexity index is 406. The zero-order chi connectivity index (χ0) is 13.9. The number of alkyl halides is 3. The average Bonchev–Trinajstić information content (AvgIpc) is 2.35. The highest BCUT2D eigenvalue weighted by atomic mass is 19.4. The van der Waals surface area contributed by atoms with Gasteiger partial charge in [-0.05, 0) is 17.7 Å². The monoisotopic (exact) mass is 266 g/mol. The third-order valence-corrected chi connectivity index (χ3v) is 2.42. The minimum absolute atomic E-state index is 0.148. The van der Waals surface area contributed by atoms with Crippen molar-refractivity contribution in [1.82, 2.24) is 0 Å². The van der Waals surface area contributed by atoms with Crippen molar-refractivity contribution in [2.75, 3.05) is 13.7 Å². The van der Waals surface area contributed by atoms with Crippen molar-refractivity contribution in [2.45, 2.75) is 18.4 Å². The van der Waals surface area contributed by atoms with Gasteiger partial charge in [-0.3, -0.25) is 0 Å². The molecule has 0 aromatic heterocycles. The lowest BCUT2D eigenvalue weighted by molar-refractivity contribution is -0.138. The molecule has 0 radical (unpaired) electrons. The number of hydrogen-bond donors (Lipinski definition) is 3. The van der Waals surface area contributed by atoms with Crippen LogP contribution in [0.2, 0.25) is 0 Å². The van der Waals surface area contributed by atoms with Crippen LogP contribution in [-0.4, -0.2) is 35.1 Å². The minimum atomic E-state index is -4.63. The van der Waals surface area contributed by atoms with Gasteiger partial charge in [0.25, 0.3) is 0 Å². The van der Waals surface area contributed by atoms with Crippen LogP contribution in [0.5, 0.6) is 5.75 Å². The lowest BCUT2D eigenvalue weighted by atomic mass is 10.0. The number of ether oxygens (including phenoxy) is 1. The molecule has 0 aliphatic rings. The number of aliphatic hydroxyl groups excluding tert-OH is 3. The van der Waals surface area contributed by atoms with Crippen LogP contribution in [0.15, 0.2) is 18.2 Å². The standard InChI is InChI=1S/C11H13F3O4/c1-18-9-3-2-6(10(17)8(16)5-15)4-7(9)11(12,13)14/h2-4,8,10,15-17H,5H2,1H3. The SMILES string of the molecule is COc1ccc(C(O)C(O)CO)cc1C(F)(F)F. The molecule has 1 rings (SSSR count). The summed E-state index contributed by atoms with van der Waals surface area (Å²) in [5.41, 5.74) is -1.20. The molecule has 7 heteroatoms. The van der Waals surface area contributed by atoms with Crippen LogP contribution in [0.25, 0.3) is 0 Å². The number of methoxy groups -OCH3 is 1. The summed E-state index contributed by atoms with van der Waals surface area (Å²) >= 11 is 0. The molecule has 0 amide bonds. The van der Waals surface area contributed by atoms with Crippen molar-refractivity contribution in [1.29, 1.82) is 0 Å². The van der Waals surface area contributed by atoms with Crippen molar-refractivity contribution in [2.24, 2.45) is 0 Å². The van der Waals surface area contributed by atoms with Gasteiger partial charge < -0.3 is 20.1 Å². The van der Waals surface area contributed by atoms with Gasteiger partial charge in [-0.25, -0.2) is 0 Å². The number of aliphatic hydroxyl groups is 3. The van der Waals surface area contributed by atoms with Gasteiger partial charge in [0, 0.05) is 0 Å². The summed E-state index contributed by atoms with van der Waals surface area (Å²) < 4.78 is 42.6. The summed E-state index contributed by atoms with van der Waals surface area (Å²) in [6.07, 6.45) is -7.77. The van der Waals surface area contributed by atoms with Gasteiger partial charge in [-0.1, -0.05) is 6.07 Å². The molecule has 18 heavy (non-hydrogen) atoms. The van der Waals surface area contributed by atoms with Crippen LogP contribution in [0.3, 0.4) is 0 Å². The largest absolute Gasteiger partial charge is 0.496 e. The smallest absolute Gasteiger partial charge is 0.419 e. The van der Waals surface area contributed by atoms with Crippen LogP contribution in [0.4, 0.5) is 13.2 Å². The van der Waals surface area contributed by atoms with E-state index in [1.807, 2.05) is 0 Å². The maximum Gasteiger partial charge on any atom is 0.419 e. The number of rotatable bonds is 4. The topological polar surface area (TPSA) is 69.9 Å². The molecule has 0 fully saturated rings. The summed E-state index contributed by atoms with van der Waals surface area (Å²) in [7, 11) is 1.10. The van der Waals surface area contributed by atoms with Crippen LogP contribution >= 0.6 is 0 Å². The van der Waals surface area contributed by atoms with E-state index in [2.05, 4.69) is 4.74 Å². The molecule has 0 aliphatic heterocycles. The van der Waals surface area contributed by atoms with Crippen molar-refractivity contribution in [3.8, 4) is 5.75 Å². The molecule has 2 atom stereocenters. The van der Waals surface area contributed by atoms with Crippen molar-refractivity contribution < 1.29 is 33.2 Å². The fraction of sp³-hybridized carbons (Fsp3) is 0.455. The van der Waals surface area contributed by atoms with Crippen molar-refractivity contribution in [3.63, 3.8) is 0 Å². The molecule has 0 bridgehead atoms. The third kappa shape index (κ3) is 3.12. The number of halogens is 3. The first-order valence-corrected chi connectivity index (χ1v) is 5.03. The zero-order valence-corrected chi connectivity index (χ0v) is 9.48. The number of benzene rings is 1. The maximum absolute atomic E-state index is 12.7. The van der Waals surface area contributed by atoms with E-state index in [1.165, 1.54) is 6.07 Å². The molecule has 0 spiro atoms. The molecule has 4 nitrogen and oxygen atoms in total. The van der Waals surface area contributed by atoms with Gasteiger partial charge in [0.2, 0.25) is 0 Å². The van der Waals surface area contributed by atoms with Gasteiger partial charge >= 0.3 is 6.18 Å². The second kappa shape index (κ2) is 5.55. The van der Waals surface area contributed by atoms with E-state index in [0.717, 1.165) is 13.2 Å². The first kappa shape index (κ1) is 14.7. The van der Waals surface area contributed by atoms with E-state index in [1.54, 1.807) is 0 Å². The minimum Gasteiger partial charge on any atom is -0.496 e. The Balaban J connectivity index is 3.18. The van der Waals surface area contributed by atoms with Gasteiger partial charge in [-0.2, -0.15) is 13.2 Å². The van der Waals surface area contributed by atoms with Gasteiger partial charge in [0.05, 0.1) is 19.3 Å². The summed E-state index contributed by atoms with van der Waals surface area (Å²) in [6, 6.07) is 2.92. The average molecular weight is 266 g/mol. The fourth-order valence-corrected chi connectivity index (χ4v) is 1.45. The van der Waals surface area contributed by atoms with Crippen LogP contribution in [0, 0.1) is 0 Å². The van der Waals surface area contributed by atoms with Crippen molar-refractivity contribution >= 4 is 0 Å². The second-order valence-corrected chi connectivity index (χ2v) is 3.65. The lowest BCUT2D eigenvalue weighted by Gasteiger charge is -2.19.